The third-order valence-corrected chi connectivity index (χ3v) is 10.0. The number of unbranched alkanes of at least 4 members (excludes halogenated alkanes) is 1. The molecule has 0 radical (unpaired) electrons. The van der Waals surface area contributed by atoms with Gasteiger partial charge >= 0.3 is 0 Å². The fraction of sp³-hybridized carbons (Fsp3) is 0.714. The van der Waals surface area contributed by atoms with Crippen LogP contribution in [0, 0.1) is 11.8 Å². The van der Waals surface area contributed by atoms with E-state index in [9.17, 15) is 0 Å². The molecule has 2 aliphatic carbocycles. The van der Waals surface area contributed by atoms with Crippen molar-refractivity contribution in [3.63, 3.8) is 0 Å². The molecule has 1 aromatic carbocycles. The third-order valence-electron chi connectivity index (χ3n) is 10.0. The first-order valence-corrected chi connectivity index (χ1v) is 17.5. The van der Waals surface area contributed by atoms with Crippen molar-refractivity contribution < 1.29 is 0 Å². The summed E-state index contributed by atoms with van der Waals surface area (Å²) >= 11 is 0. The number of nitrogen functional groups attached to an aromatic ring is 1. The van der Waals surface area contributed by atoms with Crippen LogP contribution in [0.4, 0.5) is 17.6 Å². The highest BCUT2D eigenvalue weighted by Gasteiger charge is 2.29. The number of hydrogen-bond donors (Lipinski definition) is 4. The fourth-order valence-corrected chi connectivity index (χ4v) is 7.35. The number of nitrogens with zero attached hydrogens (tertiary/aromatic N) is 4. The normalized spacial score (nSPS) is 23.8. The molecule has 5 rings (SSSR count). The van der Waals surface area contributed by atoms with E-state index < -0.39 is 0 Å². The van der Waals surface area contributed by atoms with Gasteiger partial charge < -0.3 is 26.6 Å². The number of rotatable bonds is 15. The van der Waals surface area contributed by atoms with Crippen LogP contribution < -0.4 is 26.6 Å². The van der Waals surface area contributed by atoms with E-state index in [1.165, 1.54) is 89.2 Å². The lowest BCUT2D eigenvalue weighted by atomic mass is 9.82. The number of nitrogens with two attached hydrogens (primary N) is 1. The van der Waals surface area contributed by atoms with E-state index in [1.807, 2.05) is 6.07 Å². The Kier molecular flexibility index (Phi) is 12.8. The maximum atomic E-state index is 6.31. The van der Waals surface area contributed by atoms with Crippen LogP contribution in [0.25, 0.3) is 0 Å². The van der Waals surface area contributed by atoms with Gasteiger partial charge in [-0.05, 0) is 94.9 Å². The Hall–Kier alpha value is -2.42. The first-order valence-electron chi connectivity index (χ1n) is 17.5. The molecule has 3 aliphatic rings. The molecular formula is C35H58N8. The Bertz CT molecular complexity index is 1050. The second kappa shape index (κ2) is 17.2. The van der Waals surface area contributed by atoms with Gasteiger partial charge in [0.2, 0.25) is 5.95 Å². The van der Waals surface area contributed by atoms with Crippen LogP contribution in [0.1, 0.15) is 95.6 Å². The summed E-state index contributed by atoms with van der Waals surface area (Å²) in [4.78, 5) is 14.6. The van der Waals surface area contributed by atoms with Crippen molar-refractivity contribution in [2.24, 2.45) is 11.8 Å². The van der Waals surface area contributed by atoms with Gasteiger partial charge in [-0.15, -0.1) is 0 Å². The van der Waals surface area contributed by atoms with Gasteiger partial charge in [-0.3, -0.25) is 4.90 Å². The van der Waals surface area contributed by atoms with Crippen LogP contribution in [0.15, 0.2) is 36.4 Å². The molecule has 2 heterocycles. The van der Waals surface area contributed by atoms with Gasteiger partial charge in [-0.2, -0.15) is 9.97 Å². The van der Waals surface area contributed by atoms with Crippen LogP contribution >= 0.6 is 0 Å². The number of nitrogens with one attached hydrogen (secondary N) is 3. The monoisotopic (exact) mass is 590 g/mol. The molecule has 5 N–H and O–H groups in total. The Morgan fingerprint density at radius 1 is 0.860 bits per heavy atom. The Balaban J connectivity index is 1.03. The van der Waals surface area contributed by atoms with E-state index >= 15 is 0 Å². The maximum absolute atomic E-state index is 6.31. The molecule has 3 fully saturated rings. The zero-order chi connectivity index (χ0) is 29.7. The summed E-state index contributed by atoms with van der Waals surface area (Å²) in [7, 11) is 0. The predicted molar refractivity (Wildman–Crippen MR) is 181 cm³/mol. The average molecular weight is 591 g/mol. The zero-order valence-electron chi connectivity index (χ0n) is 26.8. The van der Waals surface area contributed by atoms with Gasteiger partial charge in [-0.25, -0.2) is 0 Å². The van der Waals surface area contributed by atoms with E-state index in [0.717, 1.165) is 63.6 Å². The summed E-state index contributed by atoms with van der Waals surface area (Å²) in [6.07, 6.45) is 15.9. The second-order valence-electron chi connectivity index (χ2n) is 13.4. The SMILES string of the molecule is CCCCN1CCN(c2cc(N)nc(NCC3CCC(CNCCCNC4CCCCC4)CC3)n2)CC1c1ccccc1. The molecule has 238 valence electrons. The van der Waals surface area contributed by atoms with Gasteiger partial charge in [0.1, 0.15) is 11.6 Å². The summed E-state index contributed by atoms with van der Waals surface area (Å²) in [6.45, 7) is 10.7. The van der Waals surface area contributed by atoms with Crippen LogP contribution in [0.2, 0.25) is 0 Å². The summed E-state index contributed by atoms with van der Waals surface area (Å²) in [6, 6.07) is 14.0. The summed E-state index contributed by atoms with van der Waals surface area (Å²) in [5, 5.41) is 11.1. The molecular weight excluding hydrogens is 532 g/mol. The Labute approximate surface area is 261 Å². The molecule has 1 atom stereocenters. The van der Waals surface area contributed by atoms with Gasteiger partial charge in [0.05, 0.1) is 6.04 Å². The van der Waals surface area contributed by atoms with Crippen LogP contribution in [0.3, 0.4) is 0 Å². The van der Waals surface area contributed by atoms with Crippen molar-refractivity contribution in [3.05, 3.63) is 42.0 Å². The first-order chi connectivity index (χ1) is 21.2. The van der Waals surface area contributed by atoms with Crippen molar-refractivity contribution in [1.29, 1.82) is 0 Å². The quantitative estimate of drug-likeness (QED) is 0.192. The Morgan fingerprint density at radius 2 is 1.63 bits per heavy atom. The van der Waals surface area contributed by atoms with E-state index in [0.29, 0.717) is 23.7 Å². The van der Waals surface area contributed by atoms with E-state index in [4.69, 9.17) is 10.7 Å². The highest BCUT2D eigenvalue weighted by atomic mass is 15.3. The molecule has 43 heavy (non-hydrogen) atoms. The molecule has 1 saturated heterocycles. The van der Waals surface area contributed by atoms with Gasteiger partial charge in [0.25, 0.3) is 0 Å². The van der Waals surface area contributed by atoms with E-state index in [1.54, 1.807) is 0 Å². The number of anilines is 3. The summed E-state index contributed by atoms with van der Waals surface area (Å²) in [5.41, 5.74) is 7.68. The summed E-state index contributed by atoms with van der Waals surface area (Å²) < 4.78 is 0. The van der Waals surface area contributed by atoms with Gasteiger partial charge in [-0.1, -0.05) is 62.9 Å². The first kappa shape index (κ1) is 32.0. The fourth-order valence-electron chi connectivity index (χ4n) is 7.35. The minimum Gasteiger partial charge on any atom is -0.383 e. The van der Waals surface area contributed by atoms with Crippen LogP contribution in [-0.4, -0.2) is 73.3 Å². The highest BCUT2D eigenvalue weighted by molar-refractivity contribution is 5.52. The minimum absolute atomic E-state index is 0.358. The molecule has 1 unspecified atom stereocenters. The van der Waals surface area contributed by atoms with E-state index in [-0.39, 0.29) is 0 Å². The van der Waals surface area contributed by atoms with Gasteiger partial charge in [0.15, 0.2) is 0 Å². The largest absolute Gasteiger partial charge is 0.383 e. The molecule has 0 spiro atoms. The Morgan fingerprint density at radius 3 is 2.40 bits per heavy atom. The second-order valence-corrected chi connectivity index (χ2v) is 13.4. The molecule has 0 bridgehead atoms. The number of benzene rings is 1. The third kappa shape index (κ3) is 10.0. The smallest absolute Gasteiger partial charge is 0.226 e. The van der Waals surface area contributed by atoms with Gasteiger partial charge in [0, 0.05) is 38.3 Å². The lowest BCUT2D eigenvalue weighted by Gasteiger charge is -2.42. The van der Waals surface area contributed by atoms with Crippen molar-refractivity contribution in [2.75, 3.05) is 68.3 Å². The number of aromatic nitrogens is 2. The van der Waals surface area contributed by atoms with Crippen molar-refractivity contribution >= 4 is 17.6 Å². The number of hydrogen-bond acceptors (Lipinski definition) is 8. The minimum atomic E-state index is 0.358. The molecule has 8 nitrogen and oxygen atoms in total. The predicted octanol–water partition coefficient (Wildman–Crippen LogP) is 5.84. The standard InChI is InChI=1S/C35H58N8/c1-2-3-21-42-22-23-43(27-32(42)30-11-6-4-7-12-30)34-24-33(36)40-35(41-34)39-26-29-17-15-28(16-18-29)25-37-19-10-20-38-31-13-8-5-9-14-31/h4,6-7,11-12,24,28-29,31-32,37-38H,2-3,5,8-10,13-23,25-27H2,1H3,(H3,36,39,40,41). The maximum Gasteiger partial charge on any atom is 0.226 e. The molecule has 0 amide bonds. The van der Waals surface area contributed by atoms with Crippen molar-refractivity contribution in [3.8, 4) is 0 Å². The zero-order valence-corrected chi connectivity index (χ0v) is 26.8. The lowest BCUT2D eigenvalue weighted by molar-refractivity contribution is 0.174. The molecule has 2 aromatic rings. The molecule has 1 aliphatic heterocycles. The van der Waals surface area contributed by atoms with Crippen molar-refractivity contribution in [1.82, 2.24) is 25.5 Å². The van der Waals surface area contributed by atoms with Crippen molar-refractivity contribution in [2.45, 2.75) is 96.1 Å². The molecule has 8 heteroatoms. The van der Waals surface area contributed by atoms with Crippen LogP contribution in [-0.2, 0) is 0 Å². The average Bonchev–Trinajstić information content (AvgIpc) is 3.05. The number of piperazine rings is 1. The lowest BCUT2D eigenvalue weighted by Crippen LogP contribution is -2.49. The topological polar surface area (TPSA) is 94.4 Å². The van der Waals surface area contributed by atoms with E-state index in [2.05, 4.69) is 68.0 Å². The highest BCUT2D eigenvalue weighted by Crippen LogP contribution is 2.31. The van der Waals surface area contributed by atoms with Crippen LogP contribution in [0.5, 0.6) is 0 Å². The molecule has 2 saturated carbocycles. The molecule has 1 aromatic heterocycles. The summed E-state index contributed by atoms with van der Waals surface area (Å²) in [5.74, 6) is 3.64.